The Kier molecular flexibility index (Phi) is 3.90. The van der Waals surface area contributed by atoms with E-state index in [-0.39, 0.29) is 0 Å². The topological polar surface area (TPSA) is 15.3 Å². The lowest BCUT2D eigenvalue weighted by atomic mass is 10.1. The lowest BCUT2D eigenvalue weighted by molar-refractivity contribution is 0.577. The summed E-state index contributed by atoms with van der Waals surface area (Å²) in [6.45, 7) is 3.42. The lowest BCUT2D eigenvalue weighted by Crippen LogP contribution is -2.29. The molecule has 2 aliphatic rings. The number of hydrogen-bond acceptors (Lipinski definition) is 2. The number of anilines is 1. The molecule has 2 fully saturated rings. The number of nitrogens with zero attached hydrogens (tertiary/aromatic N) is 1. The Hall–Kier alpha value is -0.540. The van der Waals surface area contributed by atoms with E-state index in [1.54, 1.807) is 0 Å². The molecule has 2 nitrogen and oxygen atoms in total. The maximum absolute atomic E-state index is 3.74. The molecule has 1 aromatic rings. The zero-order valence-corrected chi connectivity index (χ0v) is 12.4. The maximum atomic E-state index is 3.74. The van der Waals surface area contributed by atoms with Crippen molar-refractivity contribution < 1.29 is 0 Å². The Morgan fingerprint density at radius 1 is 1.17 bits per heavy atom. The quantitative estimate of drug-likeness (QED) is 0.912. The van der Waals surface area contributed by atoms with E-state index in [4.69, 9.17) is 0 Å². The van der Waals surface area contributed by atoms with Crippen LogP contribution in [0.15, 0.2) is 22.7 Å². The summed E-state index contributed by atoms with van der Waals surface area (Å²) in [5.74, 6) is 0. The van der Waals surface area contributed by atoms with Crippen molar-refractivity contribution in [3.05, 3.63) is 28.2 Å². The van der Waals surface area contributed by atoms with Crippen molar-refractivity contribution in [3.8, 4) is 0 Å². The van der Waals surface area contributed by atoms with Gasteiger partial charge < -0.3 is 10.2 Å². The molecule has 98 valence electrons. The monoisotopic (exact) mass is 308 g/mol. The highest BCUT2D eigenvalue weighted by Crippen LogP contribution is 2.30. The van der Waals surface area contributed by atoms with Gasteiger partial charge in [-0.1, -0.05) is 6.07 Å². The van der Waals surface area contributed by atoms with Gasteiger partial charge in [-0.05, 0) is 65.7 Å². The van der Waals surface area contributed by atoms with E-state index in [2.05, 4.69) is 44.3 Å². The first-order chi connectivity index (χ1) is 8.83. The standard InChI is InChI=1S/C15H21BrN2/c16-14-10-12(11-17-13-5-6-13)4-7-15(14)18-8-2-1-3-9-18/h4,7,10,13,17H,1-3,5-6,8-9,11H2. The van der Waals surface area contributed by atoms with Gasteiger partial charge in [-0.3, -0.25) is 0 Å². The summed E-state index contributed by atoms with van der Waals surface area (Å²) in [6, 6.07) is 7.61. The molecule has 1 saturated heterocycles. The van der Waals surface area contributed by atoms with E-state index in [0.717, 1.165) is 12.6 Å². The molecule has 0 unspecified atom stereocenters. The van der Waals surface area contributed by atoms with Crippen molar-refractivity contribution in [2.45, 2.75) is 44.7 Å². The SMILES string of the molecule is Brc1cc(CNC2CC2)ccc1N1CCCCC1. The second-order valence-corrected chi connectivity index (χ2v) is 6.34. The van der Waals surface area contributed by atoms with Crippen LogP contribution < -0.4 is 10.2 Å². The summed E-state index contributed by atoms with van der Waals surface area (Å²) in [5, 5.41) is 3.56. The highest BCUT2D eigenvalue weighted by atomic mass is 79.9. The van der Waals surface area contributed by atoms with Gasteiger partial charge >= 0.3 is 0 Å². The molecular formula is C15H21BrN2. The molecule has 1 heterocycles. The minimum Gasteiger partial charge on any atom is -0.371 e. The van der Waals surface area contributed by atoms with Gasteiger partial charge in [0, 0.05) is 30.1 Å². The Bertz CT molecular complexity index is 409. The molecule has 3 heteroatoms. The van der Waals surface area contributed by atoms with Crippen molar-refractivity contribution in [3.63, 3.8) is 0 Å². The molecule has 1 aliphatic carbocycles. The fourth-order valence-electron chi connectivity index (χ4n) is 2.60. The molecule has 0 radical (unpaired) electrons. The first kappa shape index (κ1) is 12.5. The van der Waals surface area contributed by atoms with Crippen LogP contribution in [-0.4, -0.2) is 19.1 Å². The van der Waals surface area contributed by atoms with Crippen molar-refractivity contribution in [2.75, 3.05) is 18.0 Å². The average Bonchev–Trinajstić information content (AvgIpc) is 3.21. The van der Waals surface area contributed by atoms with E-state index < -0.39 is 0 Å². The van der Waals surface area contributed by atoms with Crippen LogP contribution in [0.4, 0.5) is 5.69 Å². The third-order valence-corrected chi connectivity index (χ3v) is 4.52. The zero-order valence-electron chi connectivity index (χ0n) is 10.8. The Balaban J connectivity index is 1.66. The molecule has 1 aliphatic heterocycles. The predicted octanol–water partition coefficient (Wildman–Crippen LogP) is 3.69. The number of rotatable bonds is 4. The largest absolute Gasteiger partial charge is 0.371 e. The normalized spacial score (nSPS) is 20.2. The minimum absolute atomic E-state index is 0.783. The summed E-state index contributed by atoms with van der Waals surface area (Å²) in [6.07, 6.45) is 6.76. The third-order valence-electron chi connectivity index (χ3n) is 3.88. The first-order valence-corrected chi connectivity index (χ1v) is 7.89. The summed E-state index contributed by atoms with van der Waals surface area (Å²) in [5.41, 5.74) is 2.75. The Labute approximate surface area is 118 Å². The van der Waals surface area contributed by atoms with Crippen molar-refractivity contribution >= 4 is 21.6 Å². The Morgan fingerprint density at radius 2 is 1.94 bits per heavy atom. The molecule has 1 aromatic carbocycles. The zero-order chi connectivity index (χ0) is 12.4. The van der Waals surface area contributed by atoms with Gasteiger partial charge in [0.25, 0.3) is 0 Å². The second kappa shape index (κ2) is 5.62. The van der Waals surface area contributed by atoms with Crippen LogP contribution in [0.3, 0.4) is 0 Å². The van der Waals surface area contributed by atoms with Gasteiger partial charge in [0.1, 0.15) is 0 Å². The van der Waals surface area contributed by atoms with Gasteiger partial charge in [0.2, 0.25) is 0 Å². The second-order valence-electron chi connectivity index (χ2n) is 5.49. The molecule has 0 spiro atoms. The fourth-order valence-corrected chi connectivity index (χ4v) is 3.28. The molecule has 1 saturated carbocycles. The Morgan fingerprint density at radius 3 is 2.61 bits per heavy atom. The predicted molar refractivity (Wildman–Crippen MR) is 80.1 cm³/mol. The number of halogens is 1. The summed E-state index contributed by atoms with van der Waals surface area (Å²) in [4.78, 5) is 2.51. The van der Waals surface area contributed by atoms with E-state index in [1.807, 2.05) is 0 Å². The van der Waals surface area contributed by atoms with E-state index in [1.165, 1.54) is 60.9 Å². The molecular weight excluding hydrogens is 288 g/mol. The van der Waals surface area contributed by atoms with Crippen LogP contribution in [0.2, 0.25) is 0 Å². The highest BCUT2D eigenvalue weighted by Gasteiger charge is 2.20. The first-order valence-electron chi connectivity index (χ1n) is 7.10. The number of nitrogens with one attached hydrogen (secondary N) is 1. The van der Waals surface area contributed by atoms with Crippen LogP contribution in [0.25, 0.3) is 0 Å². The van der Waals surface area contributed by atoms with Crippen molar-refractivity contribution in [1.29, 1.82) is 0 Å². The van der Waals surface area contributed by atoms with E-state index in [0.29, 0.717) is 0 Å². The van der Waals surface area contributed by atoms with Crippen molar-refractivity contribution in [2.24, 2.45) is 0 Å². The fraction of sp³-hybridized carbons (Fsp3) is 0.600. The molecule has 3 rings (SSSR count). The molecule has 18 heavy (non-hydrogen) atoms. The van der Waals surface area contributed by atoms with E-state index in [9.17, 15) is 0 Å². The molecule has 0 amide bonds. The minimum atomic E-state index is 0.783. The van der Waals surface area contributed by atoms with Crippen LogP contribution in [-0.2, 0) is 6.54 Å². The number of piperidine rings is 1. The molecule has 0 atom stereocenters. The van der Waals surface area contributed by atoms with Gasteiger partial charge in [-0.15, -0.1) is 0 Å². The number of hydrogen-bond donors (Lipinski definition) is 1. The third kappa shape index (κ3) is 3.07. The molecule has 0 aromatic heterocycles. The number of benzene rings is 1. The van der Waals surface area contributed by atoms with Crippen LogP contribution in [0.5, 0.6) is 0 Å². The van der Waals surface area contributed by atoms with E-state index >= 15 is 0 Å². The van der Waals surface area contributed by atoms with Crippen LogP contribution in [0.1, 0.15) is 37.7 Å². The van der Waals surface area contributed by atoms with Gasteiger partial charge in [0.15, 0.2) is 0 Å². The van der Waals surface area contributed by atoms with Gasteiger partial charge in [0.05, 0.1) is 5.69 Å². The lowest BCUT2D eigenvalue weighted by Gasteiger charge is -2.29. The molecule has 1 N–H and O–H groups in total. The van der Waals surface area contributed by atoms with Crippen LogP contribution >= 0.6 is 15.9 Å². The molecule has 0 bridgehead atoms. The van der Waals surface area contributed by atoms with Gasteiger partial charge in [-0.25, -0.2) is 0 Å². The van der Waals surface area contributed by atoms with Crippen LogP contribution in [0, 0.1) is 0 Å². The van der Waals surface area contributed by atoms with Crippen molar-refractivity contribution in [1.82, 2.24) is 5.32 Å². The average molecular weight is 309 g/mol. The maximum Gasteiger partial charge on any atom is 0.0510 e. The summed E-state index contributed by atoms with van der Waals surface area (Å²) >= 11 is 3.74. The summed E-state index contributed by atoms with van der Waals surface area (Å²) in [7, 11) is 0. The summed E-state index contributed by atoms with van der Waals surface area (Å²) < 4.78 is 1.25. The smallest absolute Gasteiger partial charge is 0.0510 e. The highest BCUT2D eigenvalue weighted by molar-refractivity contribution is 9.10. The van der Waals surface area contributed by atoms with Gasteiger partial charge in [-0.2, -0.15) is 0 Å².